The second-order valence-electron chi connectivity index (χ2n) is 7.56. The lowest BCUT2D eigenvalue weighted by Crippen LogP contribution is -2.29. The van der Waals surface area contributed by atoms with Crippen molar-refractivity contribution in [1.82, 2.24) is 9.97 Å². The number of likely N-dealkylation sites (N-methyl/N-ethyl adjacent to an activating group) is 1. The van der Waals surface area contributed by atoms with Gasteiger partial charge in [0.1, 0.15) is 25.6 Å². The first-order chi connectivity index (χ1) is 16.7. The molecule has 3 heterocycles. The van der Waals surface area contributed by atoms with E-state index in [4.69, 9.17) is 19.7 Å². The molecular weight excluding hydrogens is 467 g/mol. The molecule has 11 heteroatoms. The number of benzene rings is 1. The zero-order valence-corrected chi connectivity index (χ0v) is 18.8. The van der Waals surface area contributed by atoms with Crippen LogP contribution in [0.1, 0.15) is 15.9 Å². The Morgan fingerprint density at radius 3 is 2.74 bits per heavy atom. The smallest absolute Gasteiger partial charge is 0.416 e. The van der Waals surface area contributed by atoms with Gasteiger partial charge in [-0.1, -0.05) is 12.1 Å². The Kier molecular flexibility index (Phi) is 8.61. The number of carbonyl (C=O) groups excluding carboxylic acids is 1. The van der Waals surface area contributed by atoms with E-state index in [1.807, 2.05) is 11.9 Å². The molecule has 3 aromatic rings. The van der Waals surface area contributed by atoms with Crippen LogP contribution in [-0.4, -0.2) is 66.0 Å². The molecule has 2 aromatic heterocycles. The summed E-state index contributed by atoms with van der Waals surface area (Å²) in [5, 5.41) is 17.5. The molecular formula is C24H24F3N3O5. The van der Waals surface area contributed by atoms with Crippen molar-refractivity contribution in [3.63, 3.8) is 0 Å². The van der Waals surface area contributed by atoms with Crippen LogP contribution in [-0.2, 0) is 6.18 Å². The maximum atomic E-state index is 12.8. The zero-order chi connectivity index (χ0) is 25.4. The predicted octanol–water partition coefficient (Wildman–Crippen LogP) is 3.22. The SMILES string of the molecule is CN1CCOc2ccc(-c3cccc(C(F)(F)F)c3)nc21.O=Cc1ccnc(OCC(O)CO)c1. The van der Waals surface area contributed by atoms with Crippen LogP contribution in [0.4, 0.5) is 19.0 Å². The summed E-state index contributed by atoms with van der Waals surface area (Å²) in [5.74, 6) is 1.55. The molecule has 0 bridgehead atoms. The molecule has 0 amide bonds. The number of ether oxygens (including phenoxy) is 2. The molecule has 186 valence electrons. The van der Waals surface area contributed by atoms with Gasteiger partial charge < -0.3 is 24.6 Å². The minimum absolute atomic E-state index is 0.0498. The lowest BCUT2D eigenvalue weighted by molar-refractivity contribution is -0.137. The molecule has 1 aromatic carbocycles. The molecule has 1 atom stereocenters. The van der Waals surface area contributed by atoms with Crippen molar-refractivity contribution >= 4 is 12.1 Å². The van der Waals surface area contributed by atoms with Crippen molar-refractivity contribution in [2.45, 2.75) is 12.3 Å². The highest BCUT2D eigenvalue weighted by Gasteiger charge is 2.30. The second-order valence-corrected chi connectivity index (χ2v) is 7.56. The molecule has 0 saturated carbocycles. The van der Waals surface area contributed by atoms with Gasteiger partial charge in [-0.15, -0.1) is 0 Å². The van der Waals surface area contributed by atoms with Gasteiger partial charge in [-0.2, -0.15) is 13.2 Å². The van der Waals surface area contributed by atoms with Gasteiger partial charge in [0, 0.05) is 30.4 Å². The van der Waals surface area contributed by atoms with Gasteiger partial charge in [-0.25, -0.2) is 9.97 Å². The number of nitrogens with zero attached hydrogens (tertiary/aromatic N) is 3. The van der Waals surface area contributed by atoms with Gasteiger partial charge in [0.2, 0.25) is 5.88 Å². The fraction of sp³-hybridized carbons (Fsp3) is 0.292. The van der Waals surface area contributed by atoms with Crippen molar-refractivity contribution in [2.75, 3.05) is 38.3 Å². The first-order valence-corrected chi connectivity index (χ1v) is 10.6. The van der Waals surface area contributed by atoms with Crippen LogP contribution in [0, 0.1) is 0 Å². The van der Waals surface area contributed by atoms with Crippen LogP contribution >= 0.6 is 0 Å². The second kappa shape index (κ2) is 11.6. The molecule has 0 spiro atoms. The Hall–Kier alpha value is -3.70. The number of aldehydes is 1. The summed E-state index contributed by atoms with van der Waals surface area (Å²) in [4.78, 5) is 20.5. The van der Waals surface area contributed by atoms with E-state index in [0.29, 0.717) is 47.8 Å². The number of hydrogen-bond donors (Lipinski definition) is 2. The lowest BCUT2D eigenvalue weighted by Gasteiger charge is -2.26. The van der Waals surface area contributed by atoms with Crippen molar-refractivity contribution in [3.8, 4) is 22.9 Å². The summed E-state index contributed by atoms with van der Waals surface area (Å²) in [6, 6.07) is 11.6. The summed E-state index contributed by atoms with van der Waals surface area (Å²) in [6.45, 7) is 0.860. The fourth-order valence-electron chi connectivity index (χ4n) is 3.05. The van der Waals surface area contributed by atoms with Crippen LogP contribution in [0.2, 0.25) is 0 Å². The number of aliphatic hydroxyl groups is 2. The molecule has 1 unspecified atom stereocenters. The van der Waals surface area contributed by atoms with E-state index in [9.17, 15) is 18.0 Å². The molecule has 0 fully saturated rings. The third-order valence-electron chi connectivity index (χ3n) is 4.90. The van der Waals surface area contributed by atoms with Gasteiger partial charge in [0.15, 0.2) is 11.6 Å². The normalized spacial score (nSPS) is 13.6. The van der Waals surface area contributed by atoms with Crippen LogP contribution < -0.4 is 14.4 Å². The van der Waals surface area contributed by atoms with Crippen LogP contribution in [0.25, 0.3) is 11.3 Å². The van der Waals surface area contributed by atoms with E-state index in [2.05, 4.69) is 9.97 Å². The summed E-state index contributed by atoms with van der Waals surface area (Å²) in [7, 11) is 1.88. The number of fused-ring (bicyclic) bond motifs is 1. The third-order valence-corrected chi connectivity index (χ3v) is 4.90. The number of rotatable bonds is 6. The Labute approximate surface area is 199 Å². The number of anilines is 1. The van der Waals surface area contributed by atoms with Crippen molar-refractivity contribution in [2.24, 2.45) is 0 Å². The fourth-order valence-corrected chi connectivity index (χ4v) is 3.05. The van der Waals surface area contributed by atoms with Gasteiger partial charge >= 0.3 is 6.18 Å². The minimum atomic E-state index is -4.36. The van der Waals surface area contributed by atoms with Crippen LogP contribution in [0.15, 0.2) is 54.7 Å². The molecule has 35 heavy (non-hydrogen) atoms. The third kappa shape index (κ3) is 7.14. The first-order valence-electron chi connectivity index (χ1n) is 10.6. The highest BCUT2D eigenvalue weighted by molar-refractivity contribution is 5.74. The number of pyridine rings is 2. The van der Waals surface area contributed by atoms with E-state index < -0.39 is 17.8 Å². The number of aromatic nitrogens is 2. The quantitative estimate of drug-likeness (QED) is 0.507. The Morgan fingerprint density at radius 1 is 1.23 bits per heavy atom. The highest BCUT2D eigenvalue weighted by atomic mass is 19.4. The van der Waals surface area contributed by atoms with Gasteiger partial charge in [0.25, 0.3) is 0 Å². The minimum Gasteiger partial charge on any atom is -0.488 e. The van der Waals surface area contributed by atoms with Crippen molar-refractivity contribution in [3.05, 3.63) is 65.9 Å². The Balaban J connectivity index is 0.000000214. The molecule has 1 aliphatic rings. The number of alkyl halides is 3. The molecule has 0 saturated heterocycles. The molecule has 4 rings (SSSR count). The van der Waals surface area contributed by atoms with Gasteiger partial charge in [-0.3, -0.25) is 4.79 Å². The molecule has 8 nitrogen and oxygen atoms in total. The maximum absolute atomic E-state index is 12.8. The van der Waals surface area contributed by atoms with E-state index in [1.165, 1.54) is 18.3 Å². The average Bonchev–Trinajstić information content (AvgIpc) is 2.87. The van der Waals surface area contributed by atoms with Gasteiger partial charge in [-0.05, 0) is 30.3 Å². The lowest BCUT2D eigenvalue weighted by atomic mass is 10.1. The van der Waals surface area contributed by atoms with Crippen LogP contribution in [0.5, 0.6) is 11.6 Å². The topological polar surface area (TPSA) is 105 Å². The number of carbonyl (C=O) groups is 1. The van der Waals surface area contributed by atoms with E-state index in [1.54, 1.807) is 24.3 Å². The highest BCUT2D eigenvalue weighted by Crippen LogP contribution is 2.34. The van der Waals surface area contributed by atoms with Crippen molar-refractivity contribution in [1.29, 1.82) is 0 Å². The number of hydrogen-bond acceptors (Lipinski definition) is 8. The number of aliphatic hydroxyl groups excluding tert-OH is 2. The van der Waals surface area contributed by atoms with E-state index in [-0.39, 0.29) is 19.1 Å². The van der Waals surface area contributed by atoms with E-state index >= 15 is 0 Å². The van der Waals surface area contributed by atoms with Crippen LogP contribution in [0.3, 0.4) is 0 Å². The van der Waals surface area contributed by atoms with Gasteiger partial charge in [0.05, 0.1) is 24.4 Å². The summed E-state index contributed by atoms with van der Waals surface area (Å²) < 4.78 is 48.8. The maximum Gasteiger partial charge on any atom is 0.416 e. The standard InChI is InChI=1S/C15H13F3N2O.C9H11NO4/c1-20-7-8-21-13-6-5-12(19-14(13)20)10-3-2-4-11(9-10)15(16,17)18;11-4-7-1-2-10-9(3-7)14-6-8(13)5-12/h2-6,9H,7-8H2,1H3;1-4,8,12-13H,5-6H2. The summed E-state index contributed by atoms with van der Waals surface area (Å²) >= 11 is 0. The first kappa shape index (κ1) is 25.9. The molecule has 1 aliphatic heterocycles. The zero-order valence-electron chi connectivity index (χ0n) is 18.8. The molecule has 0 radical (unpaired) electrons. The molecule has 0 aliphatic carbocycles. The van der Waals surface area contributed by atoms with Crippen molar-refractivity contribution < 1.29 is 37.7 Å². The predicted molar refractivity (Wildman–Crippen MR) is 122 cm³/mol. The average molecular weight is 491 g/mol. The van der Waals surface area contributed by atoms with E-state index in [0.717, 1.165) is 12.1 Å². The molecule has 2 N–H and O–H groups in total. The summed E-state index contributed by atoms with van der Waals surface area (Å²) in [6.07, 6.45) is -3.18. The largest absolute Gasteiger partial charge is 0.488 e. The Bertz CT molecular complexity index is 1140. The summed E-state index contributed by atoms with van der Waals surface area (Å²) in [5.41, 5.74) is 0.710. The Morgan fingerprint density at radius 2 is 2.03 bits per heavy atom. The monoisotopic (exact) mass is 491 g/mol. The number of halogens is 3.